The van der Waals surface area contributed by atoms with Crippen LogP contribution in [0.1, 0.15) is 41.5 Å². The van der Waals surface area contributed by atoms with E-state index in [2.05, 4.69) is 46.2 Å². The van der Waals surface area contributed by atoms with E-state index in [1.165, 1.54) is 5.56 Å². The molecule has 1 aliphatic rings. The summed E-state index contributed by atoms with van der Waals surface area (Å²) in [6.07, 6.45) is 0.797. The molecule has 1 aromatic carbocycles. The molecule has 0 spiro atoms. The summed E-state index contributed by atoms with van der Waals surface area (Å²) in [6, 6.07) is 11.9. The number of anilines is 1. The lowest BCUT2D eigenvalue weighted by atomic mass is 10.1. The number of nitrogens with one attached hydrogen (secondary N) is 1. The molecule has 1 saturated heterocycles. The molecule has 2 aromatic rings. The van der Waals surface area contributed by atoms with E-state index < -0.39 is 0 Å². The fourth-order valence-corrected chi connectivity index (χ4v) is 2.83. The lowest BCUT2D eigenvalue weighted by Gasteiger charge is -2.27. The molecule has 0 aliphatic carbocycles. The summed E-state index contributed by atoms with van der Waals surface area (Å²) in [6.45, 7) is 7.54. The van der Waals surface area contributed by atoms with Gasteiger partial charge in [0.25, 0.3) is 5.91 Å². The zero-order valence-corrected chi connectivity index (χ0v) is 15.4. The number of amides is 1. The highest BCUT2D eigenvalue weighted by Gasteiger charge is 2.19. The molecule has 1 fully saturated rings. The van der Waals surface area contributed by atoms with E-state index in [-0.39, 0.29) is 11.8 Å². The number of benzene rings is 1. The van der Waals surface area contributed by atoms with E-state index in [0.29, 0.717) is 31.4 Å². The molecule has 138 valence electrons. The molecule has 0 unspecified atom stereocenters. The summed E-state index contributed by atoms with van der Waals surface area (Å²) in [5.41, 5.74) is 2.51. The van der Waals surface area contributed by atoms with E-state index >= 15 is 0 Å². The van der Waals surface area contributed by atoms with Crippen LogP contribution in [0.5, 0.6) is 0 Å². The first kappa shape index (κ1) is 18.3. The van der Waals surface area contributed by atoms with Crippen LogP contribution in [-0.4, -0.2) is 48.7 Å². The summed E-state index contributed by atoms with van der Waals surface area (Å²) >= 11 is 0. The largest absolute Gasteiger partial charge is 0.378 e. The quantitative estimate of drug-likeness (QED) is 0.863. The van der Waals surface area contributed by atoms with Crippen molar-refractivity contribution >= 4 is 11.9 Å². The smallest absolute Gasteiger partial charge is 0.270 e. The third kappa shape index (κ3) is 4.79. The lowest BCUT2D eigenvalue weighted by Crippen LogP contribution is -2.38. The normalized spacial score (nSPS) is 14.5. The number of ether oxygens (including phenoxy) is 1. The molecule has 0 bridgehead atoms. The number of aromatic nitrogens is 2. The van der Waals surface area contributed by atoms with Crippen LogP contribution in [0.15, 0.2) is 36.4 Å². The van der Waals surface area contributed by atoms with Gasteiger partial charge in [0, 0.05) is 25.3 Å². The third-order valence-corrected chi connectivity index (χ3v) is 4.39. The van der Waals surface area contributed by atoms with Gasteiger partial charge >= 0.3 is 0 Å². The maximum atomic E-state index is 12.6. The minimum absolute atomic E-state index is 0.153. The average molecular weight is 354 g/mol. The minimum atomic E-state index is -0.153. The first-order chi connectivity index (χ1) is 12.6. The number of carbonyl (C=O) groups is 1. The number of rotatable bonds is 6. The third-order valence-electron chi connectivity index (χ3n) is 4.39. The van der Waals surface area contributed by atoms with Gasteiger partial charge in [-0.05, 0) is 24.0 Å². The Balaban J connectivity index is 1.70. The summed E-state index contributed by atoms with van der Waals surface area (Å²) in [4.78, 5) is 23.8. The van der Waals surface area contributed by atoms with Crippen LogP contribution in [0, 0.1) is 0 Å². The molecule has 0 radical (unpaired) electrons. The Bertz CT molecular complexity index is 728. The van der Waals surface area contributed by atoms with Crippen LogP contribution < -0.4 is 10.2 Å². The van der Waals surface area contributed by atoms with Crippen molar-refractivity contribution in [2.24, 2.45) is 0 Å². The Morgan fingerprint density at radius 1 is 1.19 bits per heavy atom. The van der Waals surface area contributed by atoms with Gasteiger partial charge in [-0.3, -0.25) is 4.79 Å². The second-order valence-electron chi connectivity index (χ2n) is 6.72. The van der Waals surface area contributed by atoms with Gasteiger partial charge in [0.05, 0.1) is 13.2 Å². The monoisotopic (exact) mass is 354 g/mol. The van der Waals surface area contributed by atoms with Crippen LogP contribution in [0.4, 0.5) is 5.95 Å². The zero-order chi connectivity index (χ0) is 18.4. The zero-order valence-electron chi connectivity index (χ0n) is 15.4. The van der Waals surface area contributed by atoms with E-state index in [1.54, 1.807) is 6.07 Å². The summed E-state index contributed by atoms with van der Waals surface area (Å²) < 4.78 is 5.40. The molecule has 3 rings (SSSR count). The van der Waals surface area contributed by atoms with Crippen molar-refractivity contribution in [1.82, 2.24) is 15.3 Å². The first-order valence-electron chi connectivity index (χ1n) is 9.17. The molecular weight excluding hydrogens is 328 g/mol. The number of hydrogen-bond acceptors (Lipinski definition) is 5. The van der Waals surface area contributed by atoms with Crippen molar-refractivity contribution in [3.63, 3.8) is 0 Å². The Hall–Kier alpha value is -2.47. The van der Waals surface area contributed by atoms with E-state index in [4.69, 9.17) is 4.74 Å². The standard InChI is InChI=1S/C20H26N4O2/c1-15(2)17-14-18(23-20(22-17)24-10-12-26-13-11-24)19(25)21-9-8-16-6-4-3-5-7-16/h3-7,14-15H,8-13H2,1-2H3,(H,21,25). The Morgan fingerprint density at radius 3 is 2.62 bits per heavy atom. The molecule has 1 N–H and O–H groups in total. The van der Waals surface area contributed by atoms with E-state index in [0.717, 1.165) is 25.2 Å². The molecule has 6 heteroatoms. The summed E-state index contributed by atoms with van der Waals surface area (Å²) in [5, 5.41) is 2.97. The van der Waals surface area contributed by atoms with Gasteiger partial charge in [0.2, 0.25) is 5.95 Å². The molecule has 0 atom stereocenters. The molecule has 2 heterocycles. The topological polar surface area (TPSA) is 67.4 Å². The van der Waals surface area contributed by atoms with Crippen molar-refractivity contribution in [3.05, 3.63) is 53.3 Å². The average Bonchev–Trinajstić information content (AvgIpc) is 2.69. The summed E-state index contributed by atoms with van der Waals surface area (Å²) in [5.74, 6) is 0.695. The molecule has 1 aromatic heterocycles. The maximum Gasteiger partial charge on any atom is 0.270 e. The maximum absolute atomic E-state index is 12.6. The van der Waals surface area contributed by atoms with Crippen LogP contribution in [0.3, 0.4) is 0 Å². The van der Waals surface area contributed by atoms with Gasteiger partial charge in [-0.2, -0.15) is 0 Å². The van der Waals surface area contributed by atoms with Gasteiger partial charge in [-0.25, -0.2) is 9.97 Å². The number of nitrogens with zero attached hydrogens (tertiary/aromatic N) is 3. The molecule has 0 saturated carbocycles. The Morgan fingerprint density at radius 2 is 1.92 bits per heavy atom. The van der Waals surface area contributed by atoms with Gasteiger partial charge in [-0.15, -0.1) is 0 Å². The van der Waals surface area contributed by atoms with Crippen molar-refractivity contribution in [2.75, 3.05) is 37.7 Å². The van der Waals surface area contributed by atoms with Gasteiger partial charge in [0.15, 0.2) is 0 Å². The SMILES string of the molecule is CC(C)c1cc(C(=O)NCCc2ccccc2)nc(N2CCOCC2)n1. The molecular formula is C20H26N4O2. The number of hydrogen-bond donors (Lipinski definition) is 1. The first-order valence-corrected chi connectivity index (χ1v) is 9.17. The van der Waals surface area contributed by atoms with Gasteiger partial charge < -0.3 is 15.0 Å². The number of morpholine rings is 1. The van der Waals surface area contributed by atoms with E-state index in [1.807, 2.05) is 18.2 Å². The molecule has 6 nitrogen and oxygen atoms in total. The Kier molecular flexibility index (Phi) is 6.17. The van der Waals surface area contributed by atoms with Crippen molar-refractivity contribution in [1.29, 1.82) is 0 Å². The van der Waals surface area contributed by atoms with Crippen LogP contribution in [0.2, 0.25) is 0 Å². The van der Waals surface area contributed by atoms with Gasteiger partial charge in [-0.1, -0.05) is 44.2 Å². The number of carbonyl (C=O) groups excluding carboxylic acids is 1. The highest BCUT2D eigenvalue weighted by molar-refractivity contribution is 5.92. The van der Waals surface area contributed by atoms with Gasteiger partial charge in [0.1, 0.15) is 5.69 Å². The minimum Gasteiger partial charge on any atom is -0.378 e. The van der Waals surface area contributed by atoms with Crippen molar-refractivity contribution in [2.45, 2.75) is 26.2 Å². The van der Waals surface area contributed by atoms with Crippen molar-refractivity contribution in [3.8, 4) is 0 Å². The van der Waals surface area contributed by atoms with Crippen molar-refractivity contribution < 1.29 is 9.53 Å². The van der Waals surface area contributed by atoms with Crippen LogP contribution >= 0.6 is 0 Å². The Labute approximate surface area is 154 Å². The molecule has 1 amide bonds. The predicted octanol–water partition coefficient (Wildman–Crippen LogP) is 2.41. The fraction of sp³-hybridized carbons (Fsp3) is 0.450. The lowest BCUT2D eigenvalue weighted by molar-refractivity contribution is 0.0948. The highest BCUT2D eigenvalue weighted by Crippen LogP contribution is 2.18. The predicted molar refractivity (Wildman–Crippen MR) is 102 cm³/mol. The van der Waals surface area contributed by atoms with Crippen LogP contribution in [0.25, 0.3) is 0 Å². The van der Waals surface area contributed by atoms with Crippen LogP contribution in [-0.2, 0) is 11.2 Å². The second-order valence-corrected chi connectivity index (χ2v) is 6.72. The molecule has 1 aliphatic heterocycles. The second kappa shape index (κ2) is 8.76. The summed E-state index contributed by atoms with van der Waals surface area (Å²) in [7, 11) is 0. The van der Waals surface area contributed by atoms with E-state index in [9.17, 15) is 4.79 Å². The molecule has 26 heavy (non-hydrogen) atoms. The fourth-order valence-electron chi connectivity index (χ4n) is 2.83. The highest BCUT2D eigenvalue weighted by atomic mass is 16.5.